The van der Waals surface area contributed by atoms with Crippen LogP contribution in [0.5, 0.6) is 5.75 Å². The number of hydrogen-bond donors (Lipinski definition) is 0. The van der Waals surface area contributed by atoms with Gasteiger partial charge in [0.1, 0.15) is 32.3 Å². The average molecular weight is 557 g/mol. The molecule has 1 aromatic carbocycles. The van der Waals surface area contributed by atoms with Crippen molar-refractivity contribution in [3.8, 4) is 17.2 Å². The highest BCUT2D eigenvalue weighted by Crippen LogP contribution is 2.40. The summed E-state index contributed by atoms with van der Waals surface area (Å²) in [5.41, 5.74) is 6.59. The Morgan fingerprint density at radius 3 is 2.15 bits per heavy atom. The third kappa shape index (κ3) is 9.67. The summed E-state index contributed by atoms with van der Waals surface area (Å²) >= 11 is 0. The van der Waals surface area contributed by atoms with Crippen molar-refractivity contribution < 1.29 is 23.7 Å². The lowest BCUT2D eigenvalue weighted by Crippen LogP contribution is -2.43. The van der Waals surface area contributed by atoms with Crippen molar-refractivity contribution in [2.45, 2.75) is 103 Å². The Balaban J connectivity index is 3.47. The molecule has 0 aromatic heterocycles. The normalized spacial score (nSPS) is 13.9. The van der Waals surface area contributed by atoms with Crippen molar-refractivity contribution in [2.75, 3.05) is 21.0 Å². The first-order chi connectivity index (χ1) is 18.5. The summed E-state index contributed by atoms with van der Waals surface area (Å²) in [6, 6.07) is 5.56. The number of benzene rings is 1. The van der Waals surface area contributed by atoms with Crippen LogP contribution in [0.15, 0.2) is 43.5 Å². The molecule has 218 valence electrons. The topological polar surface area (TPSA) is 54.0 Å². The van der Waals surface area contributed by atoms with Gasteiger partial charge in [-0.25, -0.2) is 4.79 Å². The second-order valence-electron chi connectivity index (χ2n) is 11.3. The Morgan fingerprint density at radius 1 is 1.00 bits per heavy atom. The fourth-order valence-electron chi connectivity index (χ4n) is 5.73. The van der Waals surface area contributed by atoms with Gasteiger partial charge in [0.15, 0.2) is 0 Å². The monoisotopic (exact) mass is 556 g/mol. The molecule has 0 aliphatic heterocycles. The molecule has 0 N–H and O–H groups in total. The molecule has 6 heteroatoms. The zero-order chi connectivity index (χ0) is 29.6. The quantitative estimate of drug-likeness (QED) is 0.0637. The highest BCUT2D eigenvalue weighted by molar-refractivity contribution is 6.90. The van der Waals surface area contributed by atoms with Crippen LogP contribution < -0.4 is 4.74 Å². The molecule has 0 saturated heterocycles. The van der Waals surface area contributed by atoms with Crippen molar-refractivity contribution in [3.05, 3.63) is 54.6 Å². The van der Waals surface area contributed by atoms with E-state index in [9.17, 15) is 4.79 Å². The van der Waals surface area contributed by atoms with Gasteiger partial charge in [-0.15, -0.1) is 24.6 Å². The molecular weight excluding hydrogens is 504 g/mol. The summed E-state index contributed by atoms with van der Waals surface area (Å²) in [7, 11) is 1.24. The van der Waals surface area contributed by atoms with Crippen LogP contribution in [-0.4, -0.2) is 47.3 Å². The molecule has 0 heterocycles. The van der Waals surface area contributed by atoms with Gasteiger partial charge in [-0.2, -0.15) is 0 Å². The van der Waals surface area contributed by atoms with Gasteiger partial charge in [0.05, 0.1) is 13.2 Å². The predicted octanol–water partition coefficient (Wildman–Crippen LogP) is 8.15. The van der Waals surface area contributed by atoms with Crippen LogP contribution in [0.1, 0.15) is 83.7 Å². The minimum absolute atomic E-state index is 0.165. The maximum Gasteiger partial charge on any atom is 0.342 e. The lowest BCUT2D eigenvalue weighted by atomic mass is 9.95. The zero-order valence-electron chi connectivity index (χ0n) is 25.8. The summed E-state index contributed by atoms with van der Waals surface area (Å²) in [5.74, 6) is 3.75. The summed E-state index contributed by atoms with van der Waals surface area (Å²) in [4.78, 5) is 13.6. The summed E-state index contributed by atoms with van der Waals surface area (Å²) in [6.45, 7) is 23.8. The molecule has 39 heavy (non-hydrogen) atoms. The Morgan fingerprint density at radius 2 is 1.64 bits per heavy atom. The molecule has 0 aliphatic carbocycles. The number of rotatable bonds is 17. The first kappa shape index (κ1) is 34.7. The second-order valence-corrected chi connectivity index (χ2v) is 16.8. The number of allylic oxidation sites excluding steroid dienone is 2. The molecule has 0 fully saturated rings. The van der Waals surface area contributed by atoms with E-state index in [1.807, 2.05) is 18.2 Å². The van der Waals surface area contributed by atoms with Crippen LogP contribution >= 0.6 is 0 Å². The van der Waals surface area contributed by atoms with Gasteiger partial charge in [0, 0.05) is 20.0 Å². The Labute approximate surface area is 239 Å². The highest BCUT2D eigenvalue weighted by atomic mass is 28.3. The van der Waals surface area contributed by atoms with Gasteiger partial charge in [-0.1, -0.05) is 72.8 Å². The van der Waals surface area contributed by atoms with Crippen LogP contribution in [0.3, 0.4) is 0 Å². The lowest BCUT2D eigenvalue weighted by molar-refractivity contribution is -0.102. The maximum absolute atomic E-state index is 13.6. The number of carbonyl (C=O) groups is 1. The molecule has 0 spiro atoms. The fraction of sp³-hybridized carbons (Fsp3) is 0.606. The first-order valence-electron chi connectivity index (χ1n) is 14.2. The molecule has 3 atom stereocenters. The number of esters is 1. The van der Waals surface area contributed by atoms with E-state index in [0.29, 0.717) is 47.2 Å². The van der Waals surface area contributed by atoms with Gasteiger partial charge in [0.2, 0.25) is 0 Å². The van der Waals surface area contributed by atoms with Crippen LogP contribution in [0.4, 0.5) is 0 Å². The predicted molar refractivity (Wildman–Crippen MR) is 165 cm³/mol. The Kier molecular flexibility index (Phi) is 15.5. The molecule has 5 nitrogen and oxygen atoms in total. The largest absolute Gasteiger partial charge is 0.496 e. The van der Waals surface area contributed by atoms with Crippen LogP contribution in [-0.2, 0) is 20.6 Å². The number of hydrogen-bond acceptors (Lipinski definition) is 5. The van der Waals surface area contributed by atoms with Gasteiger partial charge in [-0.3, -0.25) is 0 Å². The molecule has 0 saturated carbocycles. The second kappa shape index (κ2) is 17.4. The highest BCUT2D eigenvalue weighted by Gasteiger charge is 2.41. The van der Waals surface area contributed by atoms with E-state index >= 15 is 0 Å². The summed E-state index contributed by atoms with van der Waals surface area (Å²) < 4.78 is 23.0. The van der Waals surface area contributed by atoms with E-state index in [-0.39, 0.29) is 18.8 Å². The van der Waals surface area contributed by atoms with Crippen LogP contribution in [0, 0.1) is 17.4 Å². The van der Waals surface area contributed by atoms with Gasteiger partial charge >= 0.3 is 5.97 Å². The van der Waals surface area contributed by atoms with Crippen molar-refractivity contribution in [2.24, 2.45) is 5.92 Å². The molecule has 0 radical (unpaired) electrons. The first-order valence-corrected chi connectivity index (χ1v) is 16.4. The Bertz CT molecular complexity index is 950. The van der Waals surface area contributed by atoms with Crippen molar-refractivity contribution in [1.29, 1.82) is 0 Å². The van der Waals surface area contributed by atoms with Gasteiger partial charge in [-0.05, 0) is 47.0 Å². The fourth-order valence-corrected chi connectivity index (χ4v) is 11.0. The van der Waals surface area contributed by atoms with Crippen LogP contribution in [0.25, 0.3) is 0 Å². The smallest absolute Gasteiger partial charge is 0.342 e. The standard InChI is InChI=1S/C33H52O5Si/c1-12-16-27(9)31(37-23-35-10)22-29(19-15-21-39(24(3)4,25(5)6)26(7)8)38-33(34)32-28(17-13-2)18-14-20-30(32)36-11/h12-14,18,20,24-27,29,31H,1-2,16-17,19,22-23H2,3-11H3/t27-,29-,31+/m0/s1. The summed E-state index contributed by atoms with van der Waals surface area (Å²) in [5, 5.41) is 0. The lowest BCUT2D eigenvalue weighted by Gasteiger charge is -2.38. The van der Waals surface area contributed by atoms with Crippen LogP contribution in [0.2, 0.25) is 16.6 Å². The maximum atomic E-state index is 13.6. The van der Waals surface area contributed by atoms with Crippen molar-refractivity contribution >= 4 is 14.0 Å². The minimum atomic E-state index is -1.93. The molecule has 0 bridgehead atoms. The number of methoxy groups -OCH3 is 2. The number of ether oxygens (including phenoxy) is 4. The van der Waals surface area contributed by atoms with Crippen molar-refractivity contribution in [3.63, 3.8) is 0 Å². The molecule has 1 aromatic rings. The van der Waals surface area contributed by atoms with Gasteiger partial charge < -0.3 is 18.9 Å². The minimum Gasteiger partial charge on any atom is -0.496 e. The molecule has 1 rings (SSSR count). The number of carbonyl (C=O) groups excluding carboxylic acids is 1. The van der Waals surface area contributed by atoms with E-state index < -0.39 is 20.1 Å². The van der Waals surface area contributed by atoms with E-state index in [4.69, 9.17) is 18.9 Å². The van der Waals surface area contributed by atoms with E-state index in [2.05, 4.69) is 73.1 Å². The third-order valence-corrected chi connectivity index (χ3v) is 14.1. The van der Waals surface area contributed by atoms with E-state index in [1.165, 1.54) is 0 Å². The van der Waals surface area contributed by atoms with Gasteiger partial charge in [0.25, 0.3) is 0 Å². The van der Waals surface area contributed by atoms with Crippen molar-refractivity contribution in [1.82, 2.24) is 0 Å². The Hall–Kier alpha value is -2.33. The molecular formula is C33H52O5Si. The molecule has 0 amide bonds. The molecule has 0 unspecified atom stereocenters. The SMILES string of the molecule is C=CCc1cccc(OC)c1C(=O)O[C@@H](CC#C[Si](C(C)C)(C(C)C)C(C)C)C[C@@H](OCOC)[C@@H](C)CC=C. The average Bonchev–Trinajstić information content (AvgIpc) is 2.88. The summed E-state index contributed by atoms with van der Waals surface area (Å²) in [6.07, 6.45) is 5.27. The van der Waals surface area contributed by atoms with E-state index in [0.717, 1.165) is 12.0 Å². The third-order valence-electron chi connectivity index (χ3n) is 7.74. The zero-order valence-corrected chi connectivity index (χ0v) is 26.8. The van der Waals surface area contributed by atoms with E-state index in [1.54, 1.807) is 26.4 Å². The molecule has 0 aliphatic rings.